The lowest BCUT2D eigenvalue weighted by molar-refractivity contribution is 0.0600. The van der Waals surface area contributed by atoms with Gasteiger partial charge in [-0.1, -0.05) is 41.9 Å². The molecule has 0 bridgehead atoms. The highest BCUT2D eigenvalue weighted by molar-refractivity contribution is 6.34. The molecule has 102 valence electrons. The third-order valence-corrected chi connectivity index (χ3v) is 3.14. The summed E-state index contributed by atoms with van der Waals surface area (Å²) in [7, 11) is 1.25. The molecule has 0 aliphatic carbocycles. The van der Waals surface area contributed by atoms with Crippen molar-refractivity contribution in [2.45, 2.75) is 0 Å². The number of ketones is 1. The van der Waals surface area contributed by atoms with E-state index in [0.717, 1.165) is 0 Å². The standard InChI is InChI=1S/C15H12ClNO3/c1-20-15(19)10-8-13(17)11(7-12(10)16)14(18)9-5-3-2-4-6-9/h2-8H,17H2,1H3. The normalized spacial score (nSPS) is 10.1. The van der Waals surface area contributed by atoms with Gasteiger partial charge in [0.25, 0.3) is 0 Å². The molecule has 0 radical (unpaired) electrons. The minimum absolute atomic E-state index is 0.130. The van der Waals surface area contributed by atoms with Crippen molar-refractivity contribution < 1.29 is 14.3 Å². The molecule has 0 fully saturated rings. The smallest absolute Gasteiger partial charge is 0.339 e. The molecule has 0 amide bonds. The second-order valence-electron chi connectivity index (χ2n) is 4.11. The molecule has 0 heterocycles. The van der Waals surface area contributed by atoms with Gasteiger partial charge in [-0.2, -0.15) is 0 Å². The maximum Gasteiger partial charge on any atom is 0.339 e. The second-order valence-corrected chi connectivity index (χ2v) is 4.51. The van der Waals surface area contributed by atoms with Gasteiger partial charge in [-0.25, -0.2) is 4.79 Å². The van der Waals surface area contributed by atoms with E-state index in [1.165, 1.54) is 19.2 Å². The van der Waals surface area contributed by atoms with E-state index in [1.54, 1.807) is 24.3 Å². The minimum Gasteiger partial charge on any atom is -0.465 e. The predicted molar refractivity (Wildman–Crippen MR) is 77.1 cm³/mol. The lowest BCUT2D eigenvalue weighted by Crippen LogP contribution is -2.09. The molecule has 0 aliphatic heterocycles. The molecule has 0 saturated heterocycles. The SMILES string of the molecule is COC(=O)c1cc(N)c(C(=O)c2ccccc2)cc1Cl. The average Bonchev–Trinajstić information content (AvgIpc) is 2.48. The maximum absolute atomic E-state index is 12.3. The Labute approximate surface area is 121 Å². The summed E-state index contributed by atoms with van der Waals surface area (Å²) in [5, 5.41) is 0.130. The van der Waals surface area contributed by atoms with Crippen LogP contribution in [0.1, 0.15) is 26.3 Å². The van der Waals surface area contributed by atoms with Gasteiger partial charge in [-0.15, -0.1) is 0 Å². The molecule has 2 rings (SSSR count). The number of methoxy groups -OCH3 is 1. The Morgan fingerprint density at radius 3 is 2.35 bits per heavy atom. The number of benzene rings is 2. The van der Waals surface area contributed by atoms with E-state index in [0.29, 0.717) is 5.56 Å². The van der Waals surface area contributed by atoms with Crippen LogP contribution >= 0.6 is 11.6 Å². The molecular weight excluding hydrogens is 278 g/mol. The third kappa shape index (κ3) is 2.65. The number of esters is 1. The van der Waals surface area contributed by atoms with Gasteiger partial charge in [-0.3, -0.25) is 4.79 Å². The van der Waals surface area contributed by atoms with Crippen molar-refractivity contribution in [2.75, 3.05) is 12.8 Å². The van der Waals surface area contributed by atoms with E-state index in [9.17, 15) is 9.59 Å². The summed E-state index contributed by atoms with van der Waals surface area (Å²) in [6.07, 6.45) is 0. The molecule has 0 atom stereocenters. The van der Waals surface area contributed by atoms with E-state index >= 15 is 0 Å². The van der Waals surface area contributed by atoms with Crippen LogP contribution < -0.4 is 5.73 Å². The Kier molecular flexibility index (Phi) is 4.05. The third-order valence-electron chi connectivity index (χ3n) is 2.83. The molecule has 5 heteroatoms. The van der Waals surface area contributed by atoms with E-state index in [1.807, 2.05) is 6.07 Å². The van der Waals surface area contributed by atoms with Gasteiger partial charge in [0.1, 0.15) is 0 Å². The molecule has 2 aromatic rings. The number of hydrogen-bond acceptors (Lipinski definition) is 4. The molecule has 2 N–H and O–H groups in total. The zero-order valence-corrected chi connectivity index (χ0v) is 11.5. The van der Waals surface area contributed by atoms with Crippen LogP contribution in [0.15, 0.2) is 42.5 Å². The van der Waals surface area contributed by atoms with Crippen LogP contribution in [0, 0.1) is 0 Å². The van der Waals surface area contributed by atoms with Crippen LogP contribution in [-0.4, -0.2) is 18.9 Å². The van der Waals surface area contributed by atoms with E-state index in [-0.39, 0.29) is 27.6 Å². The Balaban J connectivity index is 2.47. The quantitative estimate of drug-likeness (QED) is 0.536. The first kappa shape index (κ1) is 14.1. The number of hydrogen-bond donors (Lipinski definition) is 1. The van der Waals surface area contributed by atoms with E-state index in [2.05, 4.69) is 4.74 Å². The molecule has 0 saturated carbocycles. The highest BCUT2D eigenvalue weighted by Gasteiger charge is 2.18. The summed E-state index contributed by atoms with van der Waals surface area (Å²) in [6.45, 7) is 0. The predicted octanol–water partition coefficient (Wildman–Crippen LogP) is 2.94. The molecule has 0 aromatic heterocycles. The molecule has 20 heavy (non-hydrogen) atoms. The number of anilines is 1. The van der Waals surface area contributed by atoms with Gasteiger partial charge in [0.15, 0.2) is 5.78 Å². The van der Waals surface area contributed by atoms with Crippen molar-refractivity contribution in [3.05, 3.63) is 64.2 Å². The fraction of sp³-hybridized carbons (Fsp3) is 0.0667. The van der Waals surface area contributed by atoms with Gasteiger partial charge < -0.3 is 10.5 Å². The number of carbonyl (C=O) groups excluding carboxylic acids is 2. The first-order valence-electron chi connectivity index (χ1n) is 5.81. The largest absolute Gasteiger partial charge is 0.465 e. The van der Waals surface area contributed by atoms with Crippen molar-refractivity contribution in [1.29, 1.82) is 0 Å². The fourth-order valence-electron chi connectivity index (χ4n) is 1.80. The maximum atomic E-state index is 12.3. The van der Waals surface area contributed by atoms with Crippen LogP contribution in [-0.2, 0) is 4.74 Å². The number of nitrogens with two attached hydrogens (primary N) is 1. The van der Waals surface area contributed by atoms with Crippen molar-refractivity contribution in [3.63, 3.8) is 0 Å². The number of nitrogen functional groups attached to an aromatic ring is 1. The second kappa shape index (κ2) is 5.75. The fourth-order valence-corrected chi connectivity index (χ4v) is 2.04. The summed E-state index contributed by atoms with van der Waals surface area (Å²) in [6, 6.07) is 11.4. The van der Waals surface area contributed by atoms with Crippen LogP contribution in [0.2, 0.25) is 5.02 Å². The number of carbonyl (C=O) groups is 2. The van der Waals surface area contributed by atoms with Crippen molar-refractivity contribution in [2.24, 2.45) is 0 Å². The van der Waals surface area contributed by atoms with Gasteiger partial charge in [0.05, 0.1) is 17.7 Å². The zero-order chi connectivity index (χ0) is 14.7. The number of halogens is 1. The monoisotopic (exact) mass is 289 g/mol. The van der Waals surface area contributed by atoms with Crippen LogP contribution in [0.5, 0.6) is 0 Å². The Hall–Kier alpha value is -2.33. The highest BCUT2D eigenvalue weighted by Crippen LogP contribution is 2.26. The Morgan fingerprint density at radius 1 is 1.10 bits per heavy atom. The zero-order valence-electron chi connectivity index (χ0n) is 10.7. The molecule has 0 aliphatic rings. The minimum atomic E-state index is -0.597. The first-order chi connectivity index (χ1) is 9.54. The van der Waals surface area contributed by atoms with Crippen LogP contribution in [0.3, 0.4) is 0 Å². The lowest BCUT2D eigenvalue weighted by atomic mass is 10.00. The topological polar surface area (TPSA) is 69.4 Å². The van der Waals surface area contributed by atoms with Crippen molar-refractivity contribution >= 4 is 29.0 Å². The average molecular weight is 290 g/mol. The summed E-state index contributed by atoms with van der Waals surface area (Å²) in [5.41, 5.74) is 6.91. The Bertz CT molecular complexity index is 668. The van der Waals surface area contributed by atoms with Crippen molar-refractivity contribution in [3.8, 4) is 0 Å². The summed E-state index contributed by atoms with van der Waals surface area (Å²) in [5.74, 6) is -0.846. The van der Waals surface area contributed by atoms with Gasteiger partial charge in [0.2, 0.25) is 0 Å². The van der Waals surface area contributed by atoms with E-state index in [4.69, 9.17) is 17.3 Å². The van der Waals surface area contributed by atoms with Gasteiger partial charge in [-0.05, 0) is 12.1 Å². The van der Waals surface area contributed by atoms with Crippen LogP contribution in [0.4, 0.5) is 5.69 Å². The van der Waals surface area contributed by atoms with Crippen LogP contribution in [0.25, 0.3) is 0 Å². The highest BCUT2D eigenvalue weighted by atomic mass is 35.5. The molecule has 0 spiro atoms. The van der Waals surface area contributed by atoms with Gasteiger partial charge >= 0.3 is 5.97 Å². The van der Waals surface area contributed by atoms with Crippen molar-refractivity contribution in [1.82, 2.24) is 0 Å². The van der Waals surface area contributed by atoms with Gasteiger partial charge in [0, 0.05) is 16.8 Å². The Morgan fingerprint density at radius 2 is 1.75 bits per heavy atom. The summed E-state index contributed by atoms with van der Waals surface area (Å²) >= 11 is 6.00. The summed E-state index contributed by atoms with van der Waals surface area (Å²) < 4.78 is 4.59. The first-order valence-corrected chi connectivity index (χ1v) is 6.19. The molecule has 0 unspecified atom stereocenters. The molecule has 4 nitrogen and oxygen atoms in total. The molecular formula is C15H12ClNO3. The number of rotatable bonds is 3. The van der Waals surface area contributed by atoms with E-state index < -0.39 is 5.97 Å². The lowest BCUT2D eigenvalue weighted by Gasteiger charge is -2.09. The number of ether oxygens (including phenoxy) is 1. The summed E-state index contributed by atoms with van der Waals surface area (Å²) in [4.78, 5) is 23.8. The molecule has 2 aromatic carbocycles.